The Labute approximate surface area is 270 Å². The molecule has 0 spiro atoms. The van der Waals surface area contributed by atoms with Gasteiger partial charge in [0.2, 0.25) is 0 Å². The SMILES string of the molecule is CCOC(=O)c1c(CCCOc2cccc3cc(F)ccc23)c2ccc(Cl)c3c2n1CC(F)(F)CCNCc1nn(C)c(CC)c1-3. The molecule has 0 amide bonds. The van der Waals surface area contributed by atoms with Crippen molar-refractivity contribution in [3.8, 4) is 16.9 Å². The minimum absolute atomic E-state index is 0.0682. The predicted octanol–water partition coefficient (Wildman–Crippen LogP) is 7.87. The van der Waals surface area contributed by atoms with Crippen molar-refractivity contribution in [1.82, 2.24) is 19.7 Å². The highest BCUT2D eigenvalue weighted by Crippen LogP contribution is 2.44. The van der Waals surface area contributed by atoms with Gasteiger partial charge in [0, 0.05) is 54.2 Å². The predicted molar refractivity (Wildman–Crippen MR) is 173 cm³/mol. The maximum absolute atomic E-state index is 15.7. The molecule has 2 aromatic heterocycles. The van der Waals surface area contributed by atoms with Crippen LogP contribution in [0.1, 0.15) is 54.1 Å². The van der Waals surface area contributed by atoms with E-state index in [2.05, 4.69) is 5.32 Å². The van der Waals surface area contributed by atoms with Crippen LogP contribution in [0.4, 0.5) is 13.2 Å². The Hall–Kier alpha value is -4.02. The largest absolute Gasteiger partial charge is 0.493 e. The van der Waals surface area contributed by atoms with Crippen LogP contribution >= 0.6 is 11.6 Å². The summed E-state index contributed by atoms with van der Waals surface area (Å²) in [5.41, 5.74) is 4.14. The summed E-state index contributed by atoms with van der Waals surface area (Å²) in [5, 5.41) is 10.4. The van der Waals surface area contributed by atoms with Crippen molar-refractivity contribution in [1.29, 1.82) is 0 Å². The molecule has 7 nitrogen and oxygen atoms in total. The van der Waals surface area contributed by atoms with Gasteiger partial charge in [-0.3, -0.25) is 4.68 Å². The van der Waals surface area contributed by atoms with Gasteiger partial charge in [-0.1, -0.05) is 36.7 Å². The Morgan fingerprint density at radius 1 is 1.11 bits per heavy atom. The average Bonchev–Trinajstić information content (AvgIpc) is 3.49. The molecule has 0 fully saturated rings. The maximum Gasteiger partial charge on any atom is 0.355 e. The van der Waals surface area contributed by atoms with Gasteiger partial charge in [0.1, 0.15) is 17.3 Å². The second kappa shape index (κ2) is 13.0. The fourth-order valence-corrected chi connectivity index (χ4v) is 6.83. The lowest BCUT2D eigenvalue weighted by Gasteiger charge is -2.20. The zero-order valence-corrected chi connectivity index (χ0v) is 26.8. The Balaban J connectivity index is 1.49. The zero-order chi connectivity index (χ0) is 32.6. The van der Waals surface area contributed by atoms with E-state index in [0.717, 1.165) is 22.0 Å². The molecule has 0 atom stereocenters. The van der Waals surface area contributed by atoms with E-state index in [1.54, 1.807) is 35.9 Å². The smallest absolute Gasteiger partial charge is 0.355 e. The molecular weight excluding hydrogens is 617 g/mol. The molecular formula is C35H36ClF3N4O3. The lowest BCUT2D eigenvalue weighted by Crippen LogP contribution is -2.30. The van der Waals surface area contributed by atoms with E-state index in [1.165, 1.54) is 16.7 Å². The van der Waals surface area contributed by atoms with Gasteiger partial charge >= 0.3 is 5.97 Å². The highest BCUT2D eigenvalue weighted by atomic mass is 35.5. The van der Waals surface area contributed by atoms with Crippen LogP contribution < -0.4 is 10.1 Å². The molecule has 0 bridgehead atoms. The third-order valence-electron chi connectivity index (χ3n) is 8.55. The summed E-state index contributed by atoms with van der Waals surface area (Å²) in [6, 6.07) is 13.5. The molecule has 3 heterocycles. The van der Waals surface area contributed by atoms with Gasteiger partial charge in [-0.2, -0.15) is 5.10 Å². The van der Waals surface area contributed by atoms with E-state index >= 15 is 8.78 Å². The number of nitrogens with one attached hydrogen (secondary N) is 1. The Morgan fingerprint density at radius 2 is 1.91 bits per heavy atom. The standard InChI is InChI=1S/C35H36ClF3N4O3/c1-4-28-31-27(41-42(28)3)19-40-16-15-35(38,39)20-43-32-25(13-14-26(36)30(31)32)24(33(43)34(44)45-5-2)9-7-17-46-29-10-6-8-21-18-22(37)11-12-23(21)29/h6,8,10-14,18,40H,4-5,7,9,15-17,19-20H2,1-3H3. The molecule has 46 heavy (non-hydrogen) atoms. The summed E-state index contributed by atoms with van der Waals surface area (Å²) in [7, 11) is 1.86. The minimum atomic E-state index is -3.13. The van der Waals surface area contributed by atoms with E-state index in [1.807, 2.05) is 26.1 Å². The van der Waals surface area contributed by atoms with E-state index in [4.69, 9.17) is 26.2 Å². The monoisotopic (exact) mass is 652 g/mol. The van der Waals surface area contributed by atoms with Gasteiger partial charge in [0.25, 0.3) is 5.92 Å². The van der Waals surface area contributed by atoms with Crippen LogP contribution in [0, 0.1) is 5.82 Å². The molecule has 0 radical (unpaired) electrons. The van der Waals surface area contributed by atoms with Gasteiger partial charge in [0.05, 0.1) is 36.0 Å². The van der Waals surface area contributed by atoms with Crippen molar-refractivity contribution in [2.45, 2.75) is 58.5 Å². The summed E-state index contributed by atoms with van der Waals surface area (Å²) in [6.07, 6.45) is 1.04. The fourth-order valence-electron chi connectivity index (χ4n) is 6.58. The van der Waals surface area contributed by atoms with Crippen molar-refractivity contribution < 1.29 is 27.4 Å². The molecule has 0 saturated heterocycles. The van der Waals surface area contributed by atoms with Crippen LogP contribution in [0.15, 0.2) is 48.5 Å². The maximum atomic E-state index is 15.7. The number of aromatic nitrogens is 3. The number of carbonyl (C=O) groups is 1. The van der Waals surface area contributed by atoms with E-state index < -0.39 is 24.9 Å². The first kappa shape index (κ1) is 31.9. The summed E-state index contributed by atoms with van der Waals surface area (Å²) in [6.45, 7) is 3.72. The molecule has 0 aliphatic carbocycles. The van der Waals surface area contributed by atoms with Gasteiger partial charge in [-0.25, -0.2) is 18.0 Å². The van der Waals surface area contributed by atoms with Gasteiger partial charge < -0.3 is 19.4 Å². The third kappa shape index (κ3) is 5.96. The first-order valence-electron chi connectivity index (χ1n) is 15.6. The molecule has 1 aliphatic rings. The number of alkyl halides is 2. The fraction of sp³-hybridized carbons (Fsp3) is 0.371. The van der Waals surface area contributed by atoms with Crippen molar-refractivity contribution in [2.24, 2.45) is 7.05 Å². The summed E-state index contributed by atoms with van der Waals surface area (Å²) < 4.78 is 59.9. The highest BCUT2D eigenvalue weighted by Gasteiger charge is 2.36. The second-order valence-corrected chi connectivity index (χ2v) is 12.0. The number of ether oxygens (including phenoxy) is 2. The molecule has 0 unspecified atom stereocenters. The molecule has 6 rings (SSSR count). The van der Waals surface area contributed by atoms with Gasteiger partial charge in [-0.15, -0.1) is 0 Å². The number of carbonyl (C=O) groups excluding carboxylic acids is 1. The molecule has 0 saturated carbocycles. The number of hydrogen-bond donors (Lipinski definition) is 1. The minimum Gasteiger partial charge on any atom is -0.493 e. The van der Waals surface area contributed by atoms with Crippen LogP contribution in [0.3, 0.4) is 0 Å². The van der Waals surface area contributed by atoms with Crippen LogP contribution in [-0.4, -0.2) is 46.0 Å². The lowest BCUT2D eigenvalue weighted by molar-refractivity contribution is -0.0236. The molecule has 1 aliphatic heterocycles. The Morgan fingerprint density at radius 3 is 2.70 bits per heavy atom. The number of rotatable bonds is 8. The Bertz CT molecular complexity index is 1930. The number of fused-ring (bicyclic) bond motifs is 3. The zero-order valence-electron chi connectivity index (χ0n) is 26.1. The van der Waals surface area contributed by atoms with Crippen LogP contribution in [0.5, 0.6) is 5.75 Å². The lowest BCUT2D eigenvalue weighted by atomic mass is 9.97. The quantitative estimate of drug-likeness (QED) is 0.137. The summed E-state index contributed by atoms with van der Waals surface area (Å²) in [5.74, 6) is -3.52. The van der Waals surface area contributed by atoms with Crippen LogP contribution in [0.2, 0.25) is 5.02 Å². The van der Waals surface area contributed by atoms with E-state index in [9.17, 15) is 9.18 Å². The van der Waals surface area contributed by atoms with Crippen LogP contribution in [0.25, 0.3) is 32.8 Å². The molecule has 11 heteroatoms. The average molecular weight is 653 g/mol. The topological polar surface area (TPSA) is 70.3 Å². The van der Waals surface area contributed by atoms with Gasteiger partial charge in [-0.05, 0) is 67.5 Å². The first-order valence-corrected chi connectivity index (χ1v) is 16.0. The number of halogens is 4. The highest BCUT2D eigenvalue weighted by molar-refractivity contribution is 6.35. The van der Waals surface area contributed by atoms with Crippen molar-refractivity contribution in [3.63, 3.8) is 0 Å². The first-order chi connectivity index (χ1) is 22.1. The molecule has 1 N–H and O–H groups in total. The van der Waals surface area contributed by atoms with Crippen molar-refractivity contribution >= 4 is 39.2 Å². The number of aryl methyl sites for hydroxylation is 2. The summed E-state index contributed by atoms with van der Waals surface area (Å²) in [4.78, 5) is 13.7. The van der Waals surface area contributed by atoms with Crippen molar-refractivity contribution in [3.05, 3.63) is 82.0 Å². The number of esters is 1. The van der Waals surface area contributed by atoms with Crippen LogP contribution in [-0.2, 0) is 37.7 Å². The number of nitrogens with zero attached hydrogens (tertiary/aromatic N) is 3. The van der Waals surface area contributed by atoms with Crippen molar-refractivity contribution in [2.75, 3.05) is 19.8 Å². The van der Waals surface area contributed by atoms with E-state index in [-0.39, 0.29) is 31.3 Å². The van der Waals surface area contributed by atoms with Gasteiger partial charge in [0.15, 0.2) is 0 Å². The molecule has 5 aromatic rings. The number of benzene rings is 3. The second-order valence-electron chi connectivity index (χ2n) is 11.6. The molecule has 242 valence electrons. The normalized spacial score (nSPS) is 14.7. The van der Waals surface area contributed by atoms with E-state index in [0.29, 0.717) is 64.3 Å². The molecule has 3 aromatic carbocycles. The summed E-state index contributed by atoms with van der Waals surface area (Å²) >= 11 is 6.94. The third-order valence-corrected chi connectivity index (χ3v) is 8.87. The number of hydrogen-bond acceptors (Lipinski definition) is 5. The Kier molecular flexibility index (Phi) is 9.03.